The molecule has 6 nitrogen and oxygen atoms in total. The molecule has 0 spiro atoms. The third-order valence-electron chi connectivity index (χ3n) is 8.72. The molecule has 0 aromatic heterocycles. The Hall–Kier alpha value is -3.09. The van der Waals surface area contributed by atoms with E-state index in [9.17, 15) is 9.59 Å². The third kappa shape index (κ3) is 4.15. The highest BCUT2D eigenvalue weighted by Crippen LogP contribution is 2.60. The van der Waals surface area contributed by atoms with Crippen molar-refractivity contribution in [1.82, 2.24) is 10.6 Å². The average Bonchev–Trinajstić information content (AvgIpc) is 2.97. The van der Waals surface area contributed by atoms with Gasteiger partial charge in [0.1, 0.15) is 5.67 Å². The minimum atomic E-state index is -1.21. The topological polar surface area (TPSA) is 81.7 Å². The summed E-state index contributed by atoms with van der Waals surface area (Å²) in [6, 6.07) is 15.2. The lowest BCUT2D eigenvalue weighted by Crippen LogP contribution is -2.62. The molecule has 4 aliphatic carbocycles. The lowest BCUT2D eigenvalue weighted by Gasteiger charge is -2.51. The van der Waals surface area contributed by atoms with Gasteiger partial charge in [-0.3, -0.25) is 0 Å². The van der Waals surface area contributed by atoms with Crippen molar-refractivity contribution in [2.45, 2.75) is 74.0 Å². The normalized spacial score (nSPS) is 31.5. The van der Waals surface area contributed by atoms with E-state index in [1.807, 2.05) is 12.1 Å². The molecule has 35 heavy (non-hydrogen) atoms. The molecule has 2 saturated carbocycles. The molecule has 2 unspecified atom stereocenters. The van der Waals surface area contributed by atoms with E-state index < -0.39 is 17.2 Å². The number of anilines is 1. The molecule has 7 heteroatoms. The first-order chi connectivity index (χ1) is 16.8. The number of nitrogens with zero attached hydrogens (tertiary/aromatic N) is 1. The van der Waals surface area contributed by atoms with Gasteiger partial charge in [0.2, 0.25) is 0 Å². The molecular weight excluding hydrogens is 445 g/mol. The summed E-state index contributed by atoms with van der Waals surface area (Å²) in [6.45, 7) is 1.57. The van der Waals surface area contributed by atoms with Crippen molar-refractivity contribution in [3.8, 4) is 0 Å². The number of halogens is 1. The fraction of sp³-hybridized carbons (Fsp3) is 0.500. The second kappa shape index (κ2) is 8.25. The van der Waals surface area contributed by atoms with Crippen molar-refractivity contribution in [2.75, 3.05) is 18.0 Å². The fourth-order valence-electron chi connectivity index (χ4n) is 7.43. The summed E-state index contributed by atoms with van der Waals surface area (Å²) in [7, 11) is 0. The number of carbonyl (C=O) groups is 2. The maximum Gasteiger partial charge on any atom is 0.335 e. The highest BCUT2D eigenvalue weighted by Gasteiger charge is 2.58. The van der Waals surface area contributed by atoms with Crippen LogP contribution < -0.4 is 15.5 Å². The molecule has 3 fully saturated rings. The Morgan fingerprint density at radius 1 is 0.914 bits per heavy atom. The number of aromatic carboxylic acids is 1. The van der Waals surface area contributed by atoms with E-state index in [4.69, 9.17) is 5.11 Å². The average molecular weight is 478 g/mol. The van der Waals surface area contributed by atoms with E-state index in [1.165, 1.54) is 11.1 Å². The van der Waals surface area contributed by atoms with Crippen molar-refractivity contribution >= 4 is 17.7 Å². The number of carboxylic acids is 1. The number of benzene rings is 2. The van der Waals surface area contributed by atoms with E-state index in [1.54, 1.807) is 12.1 Å². The van der Waals surface area contributed by atoms with Gasteiger partial charge in [-0.05, 0) is 85.8 Å². The van der Waals surface area contributed by atoms with E-state index in [-0.39, 0.29) is 29.5 Å². The second-order valence-corrected chi connectivity index (χ2v) is 11.2. The van der Waals surface area contributed by atoms with Crippen LogP contribution in [-0.4, -0.2) is 47.4 Å². The summed E-state index contributed by atoms with van der Waals surface area (Å²) in [5.41, 5.74) is 2.14. The minimum absolute atomic E-state index is 0.0668. The molecular formula is C28H32FN3O3. The van der Waals surface area contributed by atoms with Crippen LogP contribution in [0.1, 0.15) is 78.3 Å². The zero-order valence-corrected chi connectivity index (χ0v) is 19.8. The first kappa shape index (κ1) is 22.4. The smallest absolute Gasteiger partial charge is 0.335 e. The zero-order chi connectivity index (χ0) is 24.2. The lowest BCUT2D eigenvalue weighted by molar-refractivity contribution is -0.00792. The number of hydrogen-bond acceptors (Lipinski definition) is 3. The van der Waals surface area contributed by atoms with Gasteiger partial charge in [-0.1, -0.05) is 24.3 Å². The summed E-state index contributed by atoms with van der Waals surface area (Å²) in [5, 5.41) is 15.5. The molecule has 0 radical (unpaired) electrons. The van der Waals surface area contributed by atoms with Gasteiger partial charge in [-0.2, -0.15) is 0 Å². The molecule has 2 atom stereocenters. The van der Waals surface area contributed by atoms with Crippen molar-refractivity contribution < 1.29 is 19.1 Å². The molecule has 184 valence electrons. The number of urea groups is 1. The van der Waals surface area contributed by atoms with Gasteiger partial charge in [0.25, 0.3) is 0 Å². The summed E-state index contributed by atoms with van der Waals surface area (Å²) in [4.78, 5) is 26.4. The number of nitrogens with one attached hydrogen (secondary N) is 2. The van der Waals surface area contributed by atoms with Crippen LogP contribution in [0.15, 0.2) is 48.5 Å². The number of carboxylic acid groups (broad SMARTS) is 1. The summed E-state index contributed by atoms with van der Waals surface area (Å²) < 4.78 is 15.9. The number of carbonyl (C=O) groups excluding carboxylic acids is 1. The monoisotopic (exact) mass is 477 g/mol. The fourth-order valence-corrected chi connectivity index (χ4v) is 7.43. The molecule has 2 aromatic rings. The third-order valence-corrected chi connectivity index (χ3v) is 8.72. The quantitative estimate of drug-likeness (QED) is 0.582. The van der Waals surface area contributed by atoms with Crippen LogP contribution in [0.2, 0.25) is 0 Å². The predicted octanol–water partition coefficient (Wildman–Crippen LogP) is 4.96. The highest BCUT2D eigenvalue weighted by molar-refractivity contribution is 5.88. The van der Waals surface area contributed by atoms with Crippen molar-refractivity contribution in [3.05, 3.63) is 65.2 Å². The van der Waals surface area contributed by atoms with Crippen LogP contribution in [0.5, 0.6) is 0 Å². The maximum absolute atomic E-state index is 15.9. The number of piperidine rings is 1. The molecule has 1 aliphatic heterocycles. The predicted molar refractivity (Wildman–Crippen MR) is 132 cm³/mol. The summed E-state index contributed by atoms with van der Waals surface area (Å²) in [5.74, 6) is -0.607. The first-order valence-corrected chi connectivity index (χ1v) is 12.8. The number of alkyl halides is 1. The van der Waals surface area contributed by atoms with Gasteiger partial charge >= 0.3 is 12.0 Å². The SMILES string of the molecule is O=C(NC1CCN(c2ccc(C(=O)O)cc2)CC1)NC12CC3CC(F)(CC(C1)c1ccccc13)C2. The second-order valence-electron chi connectivity index (χ2n) is 11.2. The first-order valence-electron chi connectivity index (χ1n) is 12.8. The molecule has 7 rings (SSSR count). The van der Waals surface area contributed by atoms with Crippen LogP contribution in [0, 0.1) is 0 Å². The van der Waals surface area contributed by atoms with Gasteiger partial charge in [0.05, 0.1) is 5.56 Å². The van der Waals surface area contributed by atoms with Crippen LogP contribution in [0.4, 0.5) is 14.9 Å². The molecule has 4 bridgehead atoms. The molecule has 2 amide bonds. The van der Waals surface area contributed by atoms with Gasteiger partial charge < -0.3 is 20.6 Å². The summed E-state index contributed by atoms with van der Waals surface area (Å²) in [6.07, 6.45) is 4.79. The van der Waals surface area contributed by atoms with Gasteiger partial charge in [0.15, 0.2) is 0 Å². The van der Waals surface area contributed by atoms with E-state index >= 15 is 4.39 Å². The summed E-state index contributed by atoms with van der Waals surface area (Å²) >= 11 is 0. The van der Waals surface area contributed by atoms with Crippen LogP contribution in [0.3, 0.4) is 0 Å². The van der Waals surface area contributed by atoms with Crippen LogP contribution >= 0.6 is 0 Å². The molecule has 2 aromatic carbocycles. The van der Waals surface area contributed by atoms with E-state index in [0.717, 1.165) is 44.5 Å². The number of amides is 2. The largest absolute Gasteiger partial charge is 0.478 e. The standard InChI is InChI=1S/C28H32FN3O3/c29-27-13-19-15-28(17-27,16-20(14-27)24-4-2-1-3-23(19)24)31-26(35)30-21-9-11-32(12-10-21)22-7-5-18(6-8-22)25(33)34/h1-8,19-21H,9-17H2,(H,33,34)(H2,30,31,35). The Morgan fingerprint density at radius 3 is 2.09 bits per heavy atom. The maximum atomic E-state index is 15.9. The Labute approximate surface area is 204 Å². The Bertz CT molecular complexity index is 1110. The molecule has 5 aliphatic rings. The Balaban J connectivity index is 1.09. The number of hydrogen-bond donors (Lipinski definition) is 3. The molecule has 3 N–H and O–H groups in total. The van der Waals surface area contributed by atoms with Gasteiger partial charge in [0, 0.05) is 36.8 Å². The Morgan fingerprint density at radius 2 is 1.51 bits per heavy atom. The van der Waals surface area contributed by atoms with Crippen molar-refractivity contribution in [3.63, 3.8) is 0 Å². The lowest BCUT2D eigenvalue weighted by atomic mass is 9.61. The van der Waals surface area contributed by atoms with E-state index in [0.29, 0.717) is 19.3 Å². The van der Waals surface area contributed by atoms with Crippen LogP contribution in [-0.2, 0) is 0 Å². The Kier molecular flexibility index (Phi) is 5.27. The molecule has 1 saturated heterocycles. The molecule has 1 heterocycles. The van der Waals surface area contributed by atoms with Crippen molar-refractivity contribution in [1.29, 1.82) is 0 Å². The van der Waals surface area contributed by atoms with E-state index in [2.05, 4.69) is 39.8 Å². The van der Waals surface area contributed by atoms with Gasteiger partial charge in [-0.15, -0.1) is 0 Å². The number of rotatable bonds is 4. The van der Waals surface area contributed by atoms with Gasteiger partial charge in [-0.25, -0.2) is 14.0 Å². The highest BCUT2D eigenvalue weighted by atomic mass is 19.1. The van der Waals surface area contributed by atoms with Crippen LogP contribution in [0.25, 0.3) is 0 Å². The minimum Gasteiger partial charge on any atom is -0.478 e. The van der Waals surface area contributed by atoms with Crippen molar-refractivity contribution in [2.24, 2.45) is 0 Å². The zero-order valence-electron chi connectivity index (χ0n) is 19.8.